The molecule has 33 heavy (non-hydrogen) atoms. The third-order valence-electron chi connectivity index (χ3n) is 5.84. The molecular weight excluding hydrogens is 428 g/mol. The van der Waals surface area contributed by atoms with Gasteiger partial charge in [0.05, 0.1) is 17.7 Å². The van der Waals surface area contributed by atoms with Gasteiger partial charge in [-0.15, -0.1) is 0 Å². The van der Waals surface area contributed by atoms with Gasteiger partial charge in [-0.25, -0.2) is 14.2 Å². The van der Waals surface area contributed by atoms with Crippen LogP contribution in [0.3, 0.4) is 0 Å². The number of rotatable bonds is 4. The minimum Gasteiger partial charge on any atom is -0.353 e. The summed E-state index contributed by atoms with van der Waals surface area (Å²) in [5.74, 6) is 4.52. The highest BCUT2D eigenvalue weighted by molar-refractivity contribution is 6.03. The van der Waals surface area contributed by atoms with Gasteiger partial charge in [-0.2, -0.15) is 15.4 Å². The number of nitrogens with two attached hydrogens (primary N) is 1. The lowest BCUT2D eigenvalue weighted by Crippen LogP contribution is -2.55. The molecule has 2 unspecified atom stereocenters. The first kappa shape index (κ1) is 22.8. The van der Waals surface area contributed by atoms with Crippen molar-refractivity contribution in [2.75, 3.05) is 0 Å². The summed E-state index contributed by atoms with van der Waals surface area (Å²) in [6.45, 7) is 0. The number of nitrogens with zero attached hydrogens (tertiary/aromatic N) is 3. The molecule has 2 aliphatic rings. The first-order valence-corrected chi connectivity index (χ1v) is 10.8. The van der Waals surface area contributed by atoms with Crippen LogP contribution in [0.1, 0.15) is 59.6 Å². The zero-order chi connectivity index (χ0) is 23.4. The summed E-state index contributed by atoms with van der Waals surface area (Å²) in [6, 6.07) is 11.4. The van der Waals surface area contributed by atoms with Crippen LogP contribution in [0.5, 0.6) is 0 Å². The van der Waals surface area contributed by atoms with Gasteiger partial charge in [-0.05, 0) is 48.7 Å². The molecule has 0 radical (unpaired) electrons. The third kappa shape index (κ3) is 5.70. The van der Waals surface area contributed by atoms with E-state index in [0.717, 1.165) is 31.7 Å². The number of carbonyl (C=O) groups excluding carboxylic acids is 1. The van der Waals surface area contributed by atoms with Gasteiger partial charge in [0.25, 0.3) is 5.91 Å². The normalized spacial score (nSPS) is 21.7. The van der Waals surface area contributed by atoms with Crippen molar-refractivity contribution >= 4 is 11.9 Å². The molecule has 1 saturated heterocycles. The molecule has 2 fully saturated rings. The van der Waals surface area contributed by atoms with E-state index < -0.39 is 29.7 Å². The third-order valence-corrected chi connectivity index (χ3v) is 5.84. The lowest BCUT2D eigenvalue weighted by Gasteiger charge is -2.24. The van der Waals surface area contributed by atoms with Crippen LogP contribution in [0.2, 0.25) is 0 Å². The number of aliphatic imine (C=N–C) groups is 1. The second-order valence-electron chi connectivity index (χ2n) is 8.27. The largest absolute Gasteiger partial charge is 0.353 e. The van der Waals surface area contributed by atoms with Crippen molar-refractivity contribution < 1.29 is 13.6 Å². The number of nitrogens with one attached hydrogen (secondary N) is 3. The van der Waals surface area contributed by atoms with Gasteiger partial charge < -0.3 is 10.6 Å². The van der Waals surface area contributed by atoms with Crippen molar-refractivity contribution in [3.8, 4) is 6.07 Å². The Bertz CT molecular complexity index is 1070. The Morgan fingerprint density at radius 3 is 2.58 bits per heavy atom. The molecule has 1 amide bonds. The van der Waals surface area contributed by atoms with E-state index in [2.05, 4.69) is 21.1 Å². The van der Waals surface area contributed by atoms with Crippen LogP contribution in [0, 0.1) is 23.0 Å². The molecule has 0 aromatic heterocycles. The van der Waals surface area contributed by atoms with Crippen molar-refractivity contribution in [1.82, 2.24) is 21.2 Å². The number of benzene rings is 2. The number of carbonyl (C=O) groups is 1. The molecule has 10 heteroatoms. The SMILES string of the molecule is N#Cc1cccc(C(=O)/N=C(/NC2CCCC2)NC2CC(c3cc(F)cc(F)c3)NN2N)c1. The molecule has 2 atom stereocenters. The van der Waals surface area contributed by atoms with Crippen molar-refractivity contribution in [2.24, 2.45) is 10.8 Å². The highest BCUT2D eigenvalue weighted by Gasteiger charge is 2.32. The maximum absolute atomic E-state index is 13.7. The first-order chi connectivity index (χ1) is 15.9. The number of hydrazine groups is 2. The van der Waals surface area contributed by atoms with E-state index in [1.54, 1.807) is 18.2 Å². The number of guanidine groups is 1. The maximum atomic E-state index is 13.7. The van der Waals surface area contributed by atoms with Crippen LogP contribution in [0.25, 0.3) is 0 Å². The molecule has 0 spiro atoms. The molecule has 1 heterocycles. The highest BCUT2D eigenvalue weighted by atomic mass is 19.1. The molecule has 8 nitrogen and oxygen atoms in total. The van der Waals surface area contributed by atoms with Gasteiger partial charge in [0, 0.05) is 24.1 Å². The quantitative estimate of drug-likeness (QED) is 0.319. The molecule has 2 aromatic carbocycles. The van der Waals surface area contributed by atoms with Crippen molar-refractivity contribution in [3.63, 3.8) is 0 Å². The van der Waals surface area contributed by atoms with Crippen LogP contribution >= 0.6 is 0 Å². The molecule has 0 bridgehead atoms. The fourth-order valence-electron chi connectivity index (χ4n) is 4.19. The van der Waals surface area contributed by atoms with E-state index in [1.165, 1.54) is 23.3 Å². The minimum atomic E-state index is -0.665. The van der Waals surface area contributed by atoms with Gasteiger partial charge >= 0.3 is 0 Å². The zero-order valence-corrected chi connectivity index (χ0v) is 17.9. The van der Waals surface area contributed by atoms with E-state index in [4.69, 9.17) is 11.1 Å². The second-order valence-corrected chi connectivity index (χ2v) is 8.27. The summed E-state index contributed by atoms with van der Waals surface area (Å²) in [5, 5.41) is 16.8. The average Bonchev–Trinajstić information content (AvgIpc) is 3.43. The van der Waals surface area contributed by atoms with Crippen LogP contribution in [-0.4, -0.2) is 29.2 Å². The molecule has 1 saturated carbocycles. The summed E-state index contributed by atoms with van der Waals surface area (Å²) >= 11 is 0. The monoisotopic (exact) mass is 453 g/mol. The number of hydrogen-bond acceptors (Lipinski definition) is 5. The Balaban J connectivity index is 1.52. The Hall–Kier alpha value is -3.39. The highest BCUT2D eigenvalue weighted by Crippen LogP contribution is 2.26. The molecule has 2 aromatic rings. The Labute approximate surface area is 190 Å². The number of hydrogen-bond donors (Lipinski definition) is 4. The topological polar surface area (TPSA) is 119 Å². The fraction of sp³-hybridized carbons (Fsp3) is 0.348. The van der Waals surface area contributed by atoms with Crippen molar-refractivity contribution in [2.45, 2.75) is 50.4 Å². The second kappa shape index (κ2) is 10.0. The van der Waals surface area contributed by atoms with Crippen LogP contribution in [0.4, 0.5) is 8.78 Å². The van der Waals surface area contributed by atoms with Gasteiger partial charge in [0.15, 0.2) is 0 Å². The first-order valence-electron chi connectivity index (χ1n) is 10.8. The van der Waals surface area contributed by atoms with Gasteiger partial charge in [0.2, 0.25) is 5.96 Å². The smallest absolute Gasteiger partial charge is 0.280 e. The molecule has 1 aliphatic carbocycles. The summed E-state index contributed by atoms with van der Waals surface area (Å²) < 4.78 is 27.3. The number of amides is 1. The minimum absolute atomic E-state index is 0.170. The summed E-state index contributed by atoms with van der Waals surface area (Å²) in [6.07, 6.45) is 3.97. The Kier molecular flexibility index (Phi) is 6.93. The lowest BCUT2D eigenvalue weighted by molar-refractivity contribution is 0.100. The van der Waals surface area contributed by atoms with E-state index in [-0.39, 0.29) is 12.0 Å². The van der Waals surface area contributed by atoms with E-state index in [0.29, 0.717) is 23.1 Å². The van der Waals surface area contributed by atoms with Crippen LogP contribution in [-0.2, 0) is 0 Å². The molecule has 4 rings (SSSR count). The van der Waals surface area contributed by atoms with Crippen LogP contribution < -0.4 is 21.9 Å². The lowest BCUT2D eigenvalue weighted by atomic mass is 10.0. The van der Waals surface area contributed by atoms with E-state index >= 15 is 0 Å². The predicted molar refractivity (Wildman–Crippen MR) is 118 cm³/mol. The van der Waals surface area contributed by atoms with Gasteiger partial charge in [-0.3, -0.25) is 10.6 Å². The van der Waals surface area contributed by atoms with Gasteiger partial charge in [0.1, 0.15) is 17.8 Å². The van der Waals surface area contributed by atoms with E-state index in [9.17, 15) is 13.6 Å². The maximum Gasteiger partial charge on any atom is 0.280 e. The standard InChI is InChI=1S/C23H25F2N7O/c24-17-9-16(10-18(25)11-17)20-12-21(32(27)31-20)29-23(28-19-6-1-2-7-19)30-22(33)15-5-3-4-14(8-15)13-26/h3-5,8-11,19-21,31H,1-2,6-7,12,27H2,(H2,28,29,30,33). The van der Waals surface area contributed by atoms with E-state index in [1.807, 2.05) is 6.07 Å². The fourth-order valence-corrected chi connectivity index (χ4v) is 4.19. The summed E-state index contributed by atoms with van der Waals surface area (Å²) in [4.78, 5) is 17.0. The Morgan fingerprint density at radius 1 is 1.15 bits per heavy atom. The van der Waals surface area contributed by atoms with Gasteiger partial charge in [-0.1, -0.05) is 18.9 Å². The number of halogens is 2. The molecular formula is C23H25F2N7O. The van der Waals surface area contributed by atoms with Crippen molar-refractivity contribution in [3.05, 3.63) is 70.8 Å². The molecule has 1 aliphatic heterocycles. The predicted octanol–water partition coefficient (Wildman–Crippen LogP) is 2.61. The van der Waals surface area contributed by atoms with Crippen molar-refractivity contribution in [1.29, 1.82) is 5.26 Å². The Morgan fingerprint density at radius 2 is 1.88 bits per heavy atom. The number of nitriles is 1. The molecule has 172 valence electrons. The summed E-state index contributed by atoms with van der Waals surface area (Å²) in [5.41, 5.74) is 4.08. The van der Waals surface area contributed by atoms with Crippen LogP contribution in [0.15, 0.2) is 47.5 Å². The average molecular weight is 453 g/mol. The summed E-state index contributed by atoms with van der Waals surface area (Å²) in [7, 11) is 0. The molecule has 5 N–H and O–H groups in total. The zero-order valence-electron chi connectivity index (χ0n) is 17.9.